The maximum atomic E-state index is 12.8. The van der Waals surface area contributed by atoms with Crippen molar-refractivity contribution in [2.45, 2.75) is 32.2 Å². The Hall–Kier alpha value is -2.04. The average Bonchev–Trinajstić information content (AvgIpc) is 2.82. The van der Waals surface area contributed by atoms with E-state index in [0.717, 1.165) is 19.3 Å². The van der Waals surface area contributed by atoms with Crippen LogP contribution < -0.4 is 15.0 Å². The molecular formula is C15H18N2O3. The van der Waals surface area contributed by atoms with E-state index in [2.05, 4.69) is 5.32 Å². The van der Waals surface area contributed by atoms with Gasteiger partial charge in [0.05, 0.1) is 18.2 Å². The van der Waals surface area contributed by atoms with Crippen LogP contribution in [-0.2, 0) is 4.79 Å². The average molecular weight is 274 g/mol. The topological polar surface area (TPSA) is 58.6 Å². The third-order valence-corrected chi connectivity index (χ3v) is 4.48. The Labute approximate surface area is 117 Å². The number of imide groups is 1. The molecule has 1 saturated heterocycles. The summed E-state index contributed by atoms with van der Waals surface area (Å²) in [6, 6.07) is 6.68. The molecule has 5 heteroatoms. The van der Waals surface area contributed by atoms with Crippen LogP contribution in [0.25, 0.3) is 0 Å². The highest BCUT2D eigenvalue weighted by molar-refractivity contribution is 6.19. The van der Waals surface area contributed by atoms with Gasteiger partial charge in [-0.25, -0.2) is 9.69 Å². The van der Waals surface area contributed by atoms with E-state index in [0.29, 0.717) is 11.4 Å². The van der Waals surface area contributed by atoms with Gasteiger partial charge in [-0.15, -0.1) is 0 Å². The summed E-state index contributed by atoms with van der Waals surface area (Å²) in [4.78, 5) is 26.3. The van der Waals surface area contributed by atoms with E-state index in [1.807, 2.05) is 13.0 Å². The zero-order valence-electron chi connectivity index (χ0n) is 11.7. The number of benzene rings is 1. The van der Waals surface area contributed by atoms with Crippen molar-refractivity contribution >= 4 is 17.6 Å². The van der Waals surface area contributed by atoms with Crippen molar-refractivity contribution in [2.24, 2.45) is 5.41 Å². The van der Waals surface area contributed by atoms with Gasteiger partial charge in [0.15, 0.2) is 0 Å². The molecule has 3 rings (SSSR count). The third kappa shape index (κ3) is 1.69. The van der Waals surface area contributed by atoms with Crippen LogP contribution >= 0.6 is 0 Å². The van der Waals surface area contributed by atoms with Crippen LogP contribution in [0.15, 0.2) is 24.3 Å². The molecule has 0 bridgehead atoms. The number of rotatable bonds is 2. The molecule has 1 aromatic carbocycles. The summed E-state index contributed by atoms with van der Waals surface area (Å²) in [5.74, 6) is 0.393. The zero-order chi connectivity index (χ0) is 14.3. The normalized spacial score (nSPS) is 29.1. The van der Waals surface area contributed by atoms with Gasteiger partial charge in [0.25, 0.3) is 0 Å². The maximum Gasteiger partial charge on any atom is 0.329 e. The summed E-state index contributed by atoms with van der Waals surface area (Å²) in [6.07, 6.45) is 2.64. The summed E-state index contributed by atoms with van der Waals surface area (Å²) in [6.45, 7) is 1.94. The molecule has 1 aromatic rings. The molecule has 20 heavy (non-hydrogen) atoms. The first-order valence-electron chi connectivity index (χ1n) is 6.86. The molecule has 1 aliphatic carbocycles. The van der Waals surface area contributed by atoms with Gasteiger partial charge < -0.3 is 10.1 Å². The number of anilines is 1. The highest BCUT2D eigenvalue weighted by atomic mass is 16.5. The fourth-order valence-corrected chi connectivity index (χ4v) is 3.25. The second-order valence-electron chi connectivity index (χ2n) is 5.62. The first kappa shape index (κ1) is 13.0. The van der Waals surface area contributed by atoms with Gasteiger partial charge in [-0.1, -0.05) is 18.6 Å². The molecule has 2 aliphatic rings. The smallest absolute Gasteiger partial charge is 0.329 e. The Balaban J connectivity index is 2.04. The molecular weight excluding hydrogens is 256 g/mol. The van der Waals surface area contributed by atoms with Crippen molar-refractivity contribution in [3.63, 3.8) is 0 Å². The molecule has 106 valence electrons. The molecule has 2 atom stereocenters. The maximum absolute atomic E-state index is 12.8. The highest BCUT2D eigenvalue weighted by Crippen LogP contribution is 2.44. The summed E-state index contributed by atoms with van der Waals surface area (Å²) in [5, 5.41) is 2.96. The number of carbonyl (C=O) groups is 2. The van der Waals surface area contributed by atoms with Crippen LogP contribution in [0.4, 0.5) is 10.5 Å². The minimum absolute atomic E-state index is 0.0477. The lowest BCUT2D eigenvalue weighted by Crippen LogP contribution is -2.63. The number of hydrogen-bond acceptors (Lipinski definition) is 3. The van der Waals surface area contributed by atoms with Crippen LogP contribution in [0.5, 0.6) is 5.75 Å². The Morgan fingerprint density at radius 3 is 2.85 bits per heavy atom. The Kier molecular flexibility index (Phi) is 2.92. The van der Waals surface area contributed by atoms with Crippen molar-refractivity contribution < 1.29 is 14.3 Å². The third-order valence-electron chi connectivity index (χ3n) is 4.48. The van der Waals surface area contributed by atoms with Gasteiger partial charge in [0, 0.05) is 6.04 Å². The lowest BCUT2D eigenvalue weighted by atomic mass is 9.81. The highest BCUT2D eigenvalue weighted by Gasteiger charge is 2.53. The van der Waals surface area contributed by atoms with Crippen molar-refractivity contribution in [1.29, 1.82) is 0 Å². The van der Waals surface area contributed by atoms with E-state index in [9.17, 15) is 9.59 Å². The fraction of sp³-hybridized carbons (Fsp3) is 0.467. The number of amides is 3. The van der Waals surface area contributed by atoms with Crippen LogP contribution in [0.3, 0.4) is 0 Å². The Morgan fingerprint density at radius 1 is 1.35 bits per heavy atom. The number of urea groups is 1. The van der Waals surface area contributed by atoms with Crippen molar-refractivity contribution in [1.82, 2.24) is 5.32 Å². The summed E-state index contributed by atoms with van der Waals surface area (Å²) in [7, 11) is 1.53. The van der Waals surface area contributed by atoms with Gasteiger partial charge in [-0.05, 0) is 31.9 Å². The number of nitrogens with zero attached hydrogens (tertiary/aromatic N) is 1. The molecule has 1 heterocycles. The van der Waals surface area contributed by atoms with Gasteiger partial charge in [0.1, 0.15) is 5.75 Å². The Bertz CT molecular complexity index is 572. The van der Waals surface area contributed by atoms with Gasteiger partial charge in [-0.2, -0.15) is 0 Å². The molecule has 1 aliphatic heterocycles. The van der Waals surface area contributed by atoms with Crippen LogP contribution in [0, 0.1) is 5.41 Å². The van der Waals surface area contributed by atoms with Gasteiger partial charge in [-0.3, -0.25) is 4.79 Å². The SMILES string of the molecule is COc1ccccc1N1C(=O)NC2CCCC2(C)C1=O. The van der Waals surface area contributed by atoms with Crippen molar-refractivity contribution in [2.75, 3.05) is 12.0 Å². The first-order valence-corrected chi connectivity index (χ1v) is 6.86. The minimum atomic E-state index is -0.505. The number of nitrogens with one attached hydrogen (secondary N) is 1. The number of ether oxygens (including phenoxy) is 1. The molecule has 3 amide bonds. The molecule has 0 radical (unpaired) electrons. The van der Waals surface area contributed by atoms with E-state index < -0.39 is 5.41 Å². The summed E-state index contributed by atoms with van der Waals surface area (Å²) in [5.41, 5.74) is -0.00142. The van der Waals surface area contributed by atoms with Crippen LogP contribution in [-0.4, -0.2) is 25.1 Å². The molecule has 1 N–H and O–H groups in total. The number of carbonyl (C=O) groups excluding carboxylic acids is 2. The lowest BCUT2D eigenvalue weighted by molar-refractivity contribution is -0.128. The van der Waals surface area contributed by atoms with Crippen molar-refractivity contribution in [3.8, 4) is 5.75 Å². The minimum Gasteiger partial charge on any atom is -0.495 e. The zero-order valence-corrected chi connectivity index (χ0v) is 11.7. The lowest BCUT2D eigenvalue weighted by Gasteiger charge is -2.41. The van der Waals surface area contributed by atoms with E-state index >= 15 is 0 Å². The van der Waals surface area contributed by atoms with Crippen molar-refractivity contribution in [3.05, 3.63) is 24.3 Å². The number of fused-ring (bicyclic) bond motifs is 1. The van der Waals surface area contributed by atoms with E-state index in [1.54, 1.807) is 18.2 Å². The van der Waals surface area contributed by atoms with E-state index in [-0.39, 0.29) is 18.0 Å². The standard InChI is InChI=1S/C15H18N2O3/c1-15-9-5-8-12(15)16-14(19)17(13(15)18)10-6-3-4-7-11(10)20-2/h3-4,6-7,12H,5,8-9H2,1-2H3,(H,16,19). The molecule has 0 spiro atoms. The number of methoxy groups -OCH3 is 1. The molecule has 1 saturated carbocycles. The predicted molar refractivity (Wildman–Crippen MR) is 74.8 cm³/mol. The molecule has 5 nitrogen and oxygen atoms in total. The van der Waals surface area contributed by atoms with E-state index in [1.165, 1.54) is 12.0 Å². The van der Waals surface area contributed by atoms with Gasteiger partial charge >= 0.3 is 6.03 Å². The second-order valence-corrected chi connectivity index (χ2v) is 5.62. The predicted octanol–water partition coefficient (Wildman–Crippen LogP) is 2.31. The van der Waals surface area contributed by atoms with Crippen LogP contribution in [0.1, 0.15) is 26.2 Å². The van der Waals surface area contributed by atoms with Gasteiger partial charge in [0.2, 0.25) is 5.91 Å². The molecule has 2 unspecified atom stereocenters. The van der Waals surface area contributed by atoms with Crippen LogP contribution in [0.2, 0.25) is 0 Å². The molecule has 0 aromatic heterocycles. The first-order chi connectivity index (χ1) is 9.58. The second kappa shape index (κ2) is 4.51. The Morgan fingerprint density at radius 2 is 2.10 bits per heavy atom. The number of hydrogen-bond donors (Lipinski definition) is 1. The number of para-hydroxylation sites is 2. The molecule has 2 fully saturated rings. The quantitative estimate of drug-likeness (QED) is 0.900. The largest absolute Gasteiger partial charge is 0.495 e. The fourth-order valence-electron chi connectivity index (χ4n) is 3.25. The summed E-state index contributed by atoms with van der Waals surface area (Å²) < 4.78 is 5.27. The summed E-state index contributed by atoms with van der Waals surface area (Å²) >= 11 is 0. The van der Waals surface area contributed by atoms with E-state index in [4.69, 9.17) is 4.74 Å². The monoisotopic (exact) mass is 274 g/mol.